The fourth-order valence-corrected chi connectivity index (χ4v) is 1.52. The predicted octanol–water partition coefficient (Wildman–Crippen LogP) is 2.46. The molecule has 1 aromatic carbocycles. The van der Waals surface area contributed by atoms with E-state index in [0.29, 0.717) is 5.75 Å². The maximum absolute atomic E-state index is 10.4. The number of hydrogen-bond donors (Lipinski definition) is 1. The summed E-state index contributed by atoms with van der Waals surface area (Å²) < 4.78 is 10.5. The minimum Gasteiger partial charge on any atom is -0.478 e. The highest BCUT2D eigenvalue weighted by molar-refractivity contribution is 5.80. The van der Waals surface area contributed by atoms with Crippen LogP contribution in [0.15, 0.2) is 35.9 Å². The van der Waals surface area contributed by atoms with Gasteiger partial charge in [0, 0.05) is 6.08 Å². The van der Waals surface area contributed by atoms with Crippen molar-refractivity contribution in [3.05, 3.63) is 41.5 Å². The Morgan fingerprint density at radius 2 is 2.06 bits per heavy atom. The summed E-state index contributed by atoms with van der Waals surface area (Å²) in [5.41, 5.74) is 1.80. The van der Waals surface area contributed by atoms with Crippen LogP contribution in [0.1, 0.15) is 12.5 Å². The van der Waals surface area contributed by atoms with Gasteiger partial charge in [0.1, 0.15) is 0 Å². The molecule has 0 aliphatic carbocycles. The van der Waals surface area contributed by atoms with E-state index in [1.165, 1.54) is 0 Å². The Labute approximate surface area is 98.8 Å². The highest BCUT2D eigenvalue weighted by Crippen LogP contribution is 2.33. The van der Waals surface area contributed by atoms with E-state index in [-0.39, 0.29) is 6.79 Å². The van der Waals surface area contributed by atoms with Crippen molar-refractivity contribution in [3.63, 3.8) is 0 Å². The number of fused-ring (bicyclic) bond motifs is 1. The van der Waals surface area contributed by atoms with Crippen LogP contribution in [0.2, 0.25) is 0 Å². The first-order valence-corrected chi connectivity index (χ1v) is 5.14. The molecule has 2 rings (SSSR count). The third-order valence-corrected chi connectivity index (χ3v) is 2.28. The van der Waals surface area contributed by atoms with Crippen molar-refractivity contribution in [3.8, 4) is 11.5 Å². The molecule has 1 aromatic rings. The van der Waals surface area contributed by atoms with Crippen LogP contribution < -0.4 is 9.47 Å². The summed E-state index contributed by atoms with van der Waals surface area (Å²) in [6.07, 6.45) is 4.53. The molecule has 1 aliphatic rings. The summed E-state index contributed by atoms with van der Waals surface area (Å²) in [4.78, 5) is 10.4. The van der Waals surface area contributed by atoms with E-state index in [4.69, 9.17) is 14.6 Å². The number of allylic oxidation sites excluding steroid dienone is 2. The Balaban J connectivity index is 2.18. The zero-order valence-electron chi connectivity index (χ0n) is 9.34. The van der Waals surface area contributed by atoms with Gasteiger partial charge in [-0.25, -0.2) is 4.79 Å². The SMILES string of the molecule is CC(C=CC(=O)O)=Cc1ccc2c(c1)OCO2. The van der Waals surface area contributed by atoms with E-state index in [1.54, 1.807) is 6.08 Å². The lowest BCUT2D eigenvalue weighted by molar-refractivity contribution is -0.131. The van der Waals surface area contributed by atoms with Gasteiger partial charge in [0.25, 0.3) is 0 Å². The molecule has 0 spiro atoms. The van der Waals surface area contributed by atoms with E-state index in [1.807, 2.05) is 31.2 Å². The number of hydrogen-bond acceptors (Lipinski definition) is 3. The van der Waals surface area contributed by atoms with Crippen molar-refractivity contribution in [2.24, 2.45) is 0 Å². The predicted molar refractivity (Wildman–Crippen MR) is 63.0 cm³/mol. The fourth-order valence-electron chi connectivity index (χ4n) is 1.52. The highest BCUT2D eigenvalue weighted by atomic mass is 16.7. The summed E-state index contributed by atoms with van der Waals surface area (Å²) >= 11 is 0. The zero-order valence-corrected chi connectivity index (χ0v) is 9.34. The topological polar surface area (TPSA) is 55.8 Å². The molecule has 1 heterocycles. The molecule has 0 fully saturated rings. The van der Waals surface area contributed by atoms with E-state index < -0.39 is 5.97 Å². The van der Waals surface area contributed by atoms with Crippen LogP contribution >= 0.6 is 0 Å². The number of benzene rings is 1. The minimum atomic E-state index is -0.955. The Morgan fingerprint density at radius 1 is 1.29 bits per heavy atom. The average Bonchev–Trinajstić information content (AvgIpc) is 2.73. The molecular weight excluding hydrogens is 220 g/mol. The monoisotopic (exact) mass is 232 g/mol. The summed E-state index contributed by atoms with van der Waals surface area (Å²) in [5, 5.41) is 8.50. The average molecular weight is 232 g/mol. The Hall–Kier alpha value is -2.23. The van der Waals surface area contributed by atoms with E-state index in [9.17, 15) is 4.79 Å². The lowest BCUT2D eigenvalue weighted by Gasteiger charge is -1.98. The molecule has 0 radical (unpaired) electrons. The molecular formula is C13H12O4. The number of carboxylic acids is 1. The van der Waals surface area contributed by atoms with E-state index >= 15 is 0 Å². The minimum absolute atomic E-state index is 0.250. The van der Waals surface area contributed by atoms with Gasteiger partial charge in [-0.3, -0.25) is 0 Å². The third-order valence-electron chi connectivity index (χ3n) is 2.28. The van der Waals surface area contributed by atoms with Gasteiger partial charge in [-0.05, 0) is 24.6 Å². The van der Waals surface area contributed by atoms with Crippen LogP contribution in [0.3, 0.4) is 0 Å². The number of aliphatic carboxylic acids is 1. The fraction of sp³-hybridized carbons (Fsp3) is 0.154. The first-order chi connectivity index (χ1) is 8.15. The van der Waals surface area contributed by atoms with Gasteiger partial charge in [-0.2, -0.15) is 0 Å². The van der Waals surface area contributed by atoms with Crippen molar-refractivity contribution in [1.82, 2.24) is 0 Å². The second-order valence-corrected chi connectivity index (χ2v) is 3.67. The van der Waals surface area contributed by atoms with Crippen LogP contribution in [0.5, 0.6) is 11.5 Å². The summed E-state index contributed by atoms with van der Waals surface area (Å²) in [7, 11) is 0. The van der Waals surface area contributed by atoms with Crippen molar-refractivity contribution in [1.29, 1.82) is 0 Å². The molecule has 0 amide bonds. The van der Waals surface area contributed by atoms with Crippen LogP contribution in [-0.4, -0.2) is 17.9 Å². The Bertz CT molecular complexity index is 500. The zero-order chi connectivity index (χ0) is 12.3. The molecule has 88 valence electrons. The van der Waals surface area contributed by atoms with E-state index in [0.717, 1.165) is 23.0 Å². The molecule has 17 heavy (non-hydrogen) atoms. The molecule has 0 saturated carbocycles. The number of carboxylic acid groups (broad SMARTS) is 1. The second kappa shape index (κ2) is 4.74. The molecule has 0 unspecified atom stereocenters. The molecule has 4 nitrogen and oxygen atoms in total. The van der Waals surface area contributed by atoms with E-state index in [2.05, 4.69) is 0 Å². The van der Waals surface area contributed by atoms with Crippen molar-refractivity contribution >= 4 is 12.0 Å². The number of rotatable bonds is 3. The van der Waals surface area contributed by atoms with Gasteiger partial charge >= 0.3 is 5.97 Å². The quantitative estimate of drug-likeness (QED) is 0.642. The third kappa shape index (κ3) is 2.87. The largest absolute Gasteiger partial charge is 0.478 e. The number of carbonyl (C=O) groups is 1. The Kier molecular flexibility index (Phi) is 3.14. The van der Waals surface area contributed by atoms with Gasteiger partial charge in [0.15, 0.2) is 11.5 Å². The summed E-state index contributed by atoms with van der Waals surface area (Å²) in [6.45, 7) is 2.09. The van der Waals surface area contributed by atoms with Crippen LogP contribution in [-0.2, 0) is 4.79 Å². The van der Waals surface area contributed by atoms with Crippen molar-refractivity contribution in [2.45, 2.75) is 6.92 Å². The van der Waals surface area contributed by atoms with Gasteiger partial charge < -0.3 is 14.6 Å². The molecule has 0 bridgehead atoms. The highest BCUT2D eigenvalue weighted by Gasteiger charge is 2.12. The van der Waals surface area contributed by atoms with Gasteiger partial charge in [-0.1, -0.05) is 23.8 Å². The first kappa shape index (κ1) is 11.3. The van der Waals surface area contributed by atoms with Gasteiger partial charge in [-0.15, -0.1) is 0 Å². The molecule has 0 aromatic heterocycles. The molecule has 1 N–H and O–H groups in total. The molecule has 0 atom stereocenters. The standard InChI is InChI=1S/C13H12O4/c1-9(2-5-13(14)15)6-10-3-4-11-12(7-10)17-8-16-11/h2-7H,8H2,1H3,(H,14,15). The first-order valence-electron chi connectivity index (χ1n) is 5.14. The second-order valence-electron chi connectivity index (χ2n) is 3.67. The maximum atomic E-state index is 10.4. The lowest BCUT2D eigenvalue weighted by Crippen LogP contribution is -1.92. The van der Waals surface area contributed by atoms with Gasteiger partial charge in [0.05, 0.1) is 0 Å². The number of ether oxygens (including phenoxy) is 2. The normalized spacial score (nSPS) is 14.3. The van der Waals surface area contributed by atoms with Gasteiger partial charge in [0.2, 0.25) is 6.79 Å². The van der Waals surface area contributed by atoms with Crippen LogP contribution in [0.25, 0.3) is 6.08 Å². The van der Waals surface area contributed by atoms with Crippen LogP contribution in [0.4, 0.5) is 0 Å². The molecule has 0 saturated heterocycles. The molecule has 4 heteroatoms. The van der Waals surface area contributed by atoms with Crippen molar-refractivity contribution in [2.75, 3.05) is 6.79 Å². The molecule has 1 aliphatic heterocycles. The smallest absolute Gasteiger partial charge is 0.328 e. The van der Waals surface area contributed by atoms with Crippen LogP contribution in [0, 0.1) is 0 Å². The summed E-state index contributed by atoms with van der Waals surface area (Å²) in [6, 6.07) is 5.59. The van der Waals surface area contributed by atoms with Crippen molar-refractivity contribution < 1.29 is 19.4 Å². The lowest BCUT2D eigenvalue weighted by atomic mass is 10.1. The Morgan fingerprint density at radius 3 is 2.82 bits per heavy atom. The summed E-state index contributed by atoms with van der Waals surface area (Å²) in [5.74, 6) is 0.498. The maximum Gasteiger partial charge on any atom is 0.328 e.